The van der Waals surface area contributed by atoms with E-state index >= 15 is 0 Å². The summed E-state index contributed by atoms with van der Waals surface area (Å²) in [5, 5.41) is 7.86. The predicted molar refractivity (Wildman–Crippen MR) is 53.8 cm³/mol. The van der Waals surface area contributed by atoms with Gasteiger partial charge in [0.25, 0.3) is 0 Å². The number of carbonyl (C=O) groups excluding carboxylic acids is 1. The third kappa shape index (κ3) is 8.26. The summed E-state index contributed by atoms with van der Waals surface area (Å²) in [4.78, 5) is 19.5. The van der Waals surface area contributed by atoms with Crippen molar-refractivity contribution in [1.29, 1.82) is 0 Å². The molecule has 0 aliphatic heterocycles. The second kappa shape index (κ2) is 6.65. The SMILES string of the molecule is CC(=O)CC(=O)O.Nc1ccccc1. The Kier molecular flexibility index (Phi) is 5.78. The third-order valence-corrected chi connectivity index (χ3v) is 1.20. The van der Waals surface area contributed by atoms with Crippen LogP contribution in [-0.2, 0) is 9.59 Å². The molecule has 0 bridgehead atoms. The number of nitrogens with two attached hydrogens (primary N) is 1. The average Bonchev–Trinajstić information content (AvgIpc) is 2.03. The Bertz CT molecular complexity index is 283. The number of rotatable bonds is 2. The van der Waals surface area contributed by atoms with E-state index in [1.807, 2.05) is 30.3 Å². The maximum absolute atomic E-state index is 9.87. The first-order valence-corrected chi connectivity index (χ1v) is 4.04. The van der Waals surface area contributed by atoms with E-state index in [1.54, 1.807) is 0 Å². The number of Topliss-reactive ketones (excluding diaryl/α,β-unsaturated/α-hetero) is 1. The second-order valence-electron chi connectivity index (χ2n) is 2.68. The van der Waals surface area contributed by atoms with Crippen LogP contribution in [0.4, 0.5) is 5.69 Å². The van der Waals surface area contributed by atoms with Crippen molar-refractivity contribution in [2.24, 2.45) is 0 Å². The normalized spacial score (nSPS) is 8.36. The molecule has 0 heterocycles. The molecule has 0 amide bonds. The number of carboxylic acids is 1. The fourth-order valence-corrected chi connectivity index (χ4v) is 0.666. The fraction of sp³-hybridized carbons (Fsp3) is 0.200. The maximum Gasteiger partial charge on any atom is 0.310 e. The Balaban J connectivity index is 0.000000241. The zero-order valence-electron chi connectivity index (χ0n) is 7.93. The maximum atomic E-state index is 9.87. The third-order valence-electron chi connectivity index (χ3n) is 1.20. The zero-order chi connectivity index (χ0) is 11.0. The van der Waals surface area contributed by atoms with Crippen molar-refractivity contribution < 1.29 is 14.7 Å². The predicted octanol–water partition coefficient (Wildman–Crippen LogP) is 1.32. The molecule has 0 atom stereocenters. The summed E-state index contributed by atoms with van der Waals surface area (Å²) in [6.07, 6.45) is -0.361. The van der Waals surface area contributed by atoms with Gasteiger partial charge in [0.15, 0.2) is 0 Å². The van der Waals surface area contributed by atoms with Gasteiger partial charge in [-0.05, 0) is 19.1 Å². The number of hydrogen-bond acceptors (Lipinski definition) is 3. The molecule has 3 N–H and O–H groups in total. The lowest BCUT2D eigenvalue weighted by atomic mass is 10.3. The summed E-state index contributed by atoms with van der Waals surface area (Å²) in [5.74, 6) is -1.37. The Labute approximate surface area is 82.4 Å². The topological polar surface area (TPSA) is 80.4 Å². The molecule has 0 saturated carbocycles. The Morgan fingerprint density at radius 1 is 1.29 bits per heavy atom. The van der Waals surface area contributed by atoms with Gasteiger partial charge in [-0.3, -0.25) is 9.59 Å². The molecule has 0 fully saturated rings. The molecular formula is C10H13NO3. The zero-order valence-corrected chi connectivity index (χ0v) is 7.93. The van der Waals surface area contributed by atoms with Gasteiger partial charge in [-0.15, -0.1) is 0 Å². The van der Waals surface area contributed by atoms with Crippen LogP contribution in [0.2, 0.25) is 0 Å². The lowest BCUT2D eigenvalue weighted by molar-refractivity contribution is -0.139. The number of hydrogen-bond donors (Lipinski definition) is 2. The number of para-hydroxylation sites is 1. The smallest absolute Gasteiger partial charge is 0.310 e. The molecule has 76 valence electrons. The van der Waals surface area contributed by atoms with Crippen molar-refractivity contribution >= 4 is 17.4 Å². The largest absolute Gasteiger partial charge is 0.481 e. The molecule has 0 aliphatic carbocycles. The molecule has 0 radical (unpaired) electrons. The van der Waals surface area contributed by atoms with Crippen molar-refractivity contribution in [3.63, 3.8) is 0 Å². The molecule has 1 aromatic carbocycles. The van der Waals surface area contributed by atoms with Crippen LogP contribution < -0.4 is 5.73 Å². The minimum absolute atomic E-state index is 0.312. The Hall–Kier alpha value is -1.84. The van der Waals surface area contributed by atoms with Gasteiger partial charge in [-0.1, -0.05) is 18.2 Å². The summed E-state index contributed by atoms with van der Waals surface area (Å²) in [5.41, 5.74) is 6.18. The number of aliphatic carboxylic acids is 1. The number of benzene rings is 1. The minimum atomic E-state index is -1.06. The van der Waals surface area contributed by atoms with E-state index in [2.05, 4.69) is 0 Å². The molecule has 0 aliphatic rings. The van der Waals surface area contributed by atoms with Crippen LogP contribution in [-0.4, -0.2) is 16.9 Å². The van der Waals surface area contributed by atoms with E-state index in [0.29, 0.717) is 0 Å². The Morgan fingerprint density at radius 3 is 1.93 bits per heavy atom. The first-order chi connectivity index (χ1) is 6.52. The van der Waals surface area contributed by atoms with Gasteiger partial charge in [-0.2, -0.15) is 0 Å². The number of ketones is 1. The molecule has 1 rings (SSSR count). The summed E-state index contributed by atoms with van der Waals surface area (Å²) in [6.45, 7) is 1.24. The molecule has 0 spiro atoms. The van der Waals surface area contributed by atoms with Crippen LogP contribution in [0.1, 0.15) is 13.3 Å². The van der Waals surface area contributed by atoms with Crippen LogP contribution in [0.15, 0.2) is 30.3 Å². The van der Waals surface area contributed by atoms with Gasteiger partial charge in [0, 0.05) is 5.69 Å². The summed E-state index contributed by atoms with van der Waals surface area (Å²) in [7, 11) is 0. The first-order valence-electron chi connectivity index (χ1n) is 4.04. The average molecular weight is 195 g/mol. The number of anilines is 1. The lowest BCUT2D eigenvalue weighted by Gasteiger charge is -1.83. The van der Waals surface area contributed by atoms with Gasteiger partial charge in [0.05, 0.1) is 0 Å². The highest BCUT2D eigenvalue weighted by atomic mass is 16.4. The standard InChI is InChI=1S/C6H7N.C4H6O3/c7-6-4-2-1-3-5-6;1-3(5)2-4(6)7/h1-5H,7H2;2H2,1H3,(H,6,7). The van der Waals surface area contributed by atoms with Gasteiger partial charge < -0.3 is 10.8 Å². The number of carboxylic acid groups (broad SMARTS) is 1. The molecule has 1 aromatic rings. The highest BCUT2D eigenvalue weighted by Crippen LogP contribution is 1.95. The number of nitrogen functional groups attached to an aromatic ring is 1. The first kappa shape index (κ1) is 12.2. The van der Waals surface area contributed by atoms with Crippen molar-refractivity contribution in [3.8, 4) is 0 Å². The summed E-state index contributed by atoms with van der Waals surface area (Å²) < 4.78 is 0. The van der Waals surface area contributed by atoms with E-state index in [4.69, 9.17) is 10.8 Å². The highest BCUT2D eigenvalue weighted by molar-refractivity contribution is 5.93. The van der Waals surface area contributed by atoms with Crippen LogP contribution in [0, 0.1) is 0 Å². The quantitative estimate of drug-likeness (QED) is 0.551. The molecule has 0 saturated heterocycles. The fourth-order valence-electron chi connectivity index (χ4n) is 0.666. The summed E-state index contributed by atoms with van der Waals surface area (Å²) >= 11 is 0. The van der Waals surface area contributed by atoms with Crippen LogP contribution in [0.25, 0.3) is 0 Å². The van der Waals surface area contributed by atoms with E-state index in [-0.39, 0.29) is 12.2 Å². The molecular weight excluding hydrogens is 182 g/mol. The van der Waals surface area contributed by atoms with Crippen molar-refractivity contribution in [3.05, 3.63) is 30.3 Å². The molecule has 0 unspecified atom stereocenters. The van der Waals surface area contributed by atoms with Gasteiger partial charge in [-0.25, -0.2) is 0 Å². The lowest BCUT2D eigenvalue weighted by Crippen LogP contribution is -2.00. The number of carbonyl (C=O) groups is 2. The van der Waals surface area contributed by atoms with Crippen LogP contribution >= 0.6 is 0 Å². The molecule has 4 heteroatoms. The molecule has 4 nitrogen and oxygen atoms in total. The minimum Gasteiger partial charge on any atom is -0.481 e. The van der Waals surface area contributed by atoms with Crippen molar-refractivity contribution in [2.75, 3.05) is 5.73 Å². The van der Waals surface area contributed by atoms with Crippen LogP contribution in [0.5, 0.6) is 0 Å². The summed E-state index contributed by atoms with van der Waals surface area (Å²) in [6, 6.07) is 9.49. The van der Waals surface area contributed by atoms with E-state index < -0.39 is 5.97 Å². The van der Waals surface area contributed by atoms with Gasteiger partial charge >= 0.3 is 5.97 Å². The van der Waals surface area contributed by atoms with E-state index in [0.717, 1.165) is 5.69 Å². The van der Waals surface area contributed by atoms with E-state index in [1.165, 1.54) is 6.92 Å². The monoisotopic (exact) mass is 195 g/mol. The van der Waals surface area contributed by atoms with E-state index in [9.17, 15) is 9.59 Å². The van der Waals surface area contributed by atoms with Gasteiger partial charge in [0.1, 0.15) is 12.2 Å². The molecule has 0 aromatic heterocycles. The van der Waals surface area contributed by atoms with Crippen molar-refractivity contribution in [1.82, 2.24) is 0 Å². The Morgan fingerprint density at radius 2 is 1.79 bits per heavy atom. The van der Waals surface area contributed by atoms with Crippen molar-refractivity contribution in [2.45, 2.75) is 13.3 Å². The second-order valence-corrected chi connectivity index (χ2v) is 2.68. The molecule has 14 heavy (non-hydrogen) atoms. The van der Waals surface area contributed by atoms with Gasteiger partial charge in [0.2, 0.25) is 0 Å². The van der Waals surface area contributed by atoms with Crippen LogP contribution in [0.3, 0.4) is 0 Å². The highest BCUT2D eigenvalue weighted by Gasteiger charge is 1.98.